The van der Waals surface area contributed by atoms with Crippen LogP contribution in [0.1, 0.15) is 15.9 Å². The van der Waals surface area contributed by atoms with Gasteiger partial charge in [0, 0.05) is 41.1 Å². The lowest BCUT2D eigenvalue weighted by molar-refractivity contribution is 0.0342. The lowest BCUT2D eigenvalue weighted by atomic mass is 10.1. The Kier molecular flexibility index (Phi) is 5.36. The van der Waals surface area contributed by atoms with Crippen LogP contribution in [0.2, 0.25) is 5.02 Å². The van der Waals surface area contributed by atoms with E-state index < -0.39 is 5.97 Å². The van der Waals surface area contributed by atoms with Gasteiger partial charge >= 0.3 is 5.97 Å². The lowest BCUT2D eigenvalue weighted by Crippen LogP contribution is -2.35. The third-order valence-electron chi connectivity index (χ3n) is 5.65. The van der Waals surface area contributed by atoms with Crippen molar-refractivity contribution in [1.82, 2.24) is 14.9 Å². The van der Waals surface area contributed by atoms with E-state index in [4.69, 9.17) is 26.1 Å². The second-order valence-corrected chi connectivity index (χ2v) is 8.11. The molecule has 31 heavy (non-hydrogen) atoms. The van der Waals surface area contributed by atoms with Gasteiger partial charge in [0.15, 0.2) is 0 Å². The Morgan fingerprint density at radius 2 is 2.03 bits per heavy atom. The number of aromatic amines is 1. The number of H-pyrrole nitrogens is 1. The Bertz CT molecular complexity index is 1280. The standard InChI is InChI=1S/C24H22ClN3O3/c1-30-24(29)19-13-20(16-3-2-4-17(25)12-16)26-22-18-6-5-15(11-21(18)27-23(19)22)14-28-7-9-31-10-8-28/h2-6,11-13,27H,7-10,14H2,1H3. The Balaban J connectivity index is 1.63. The quantitative estimate of drug-likeness (QED) is 0.472. The summed E-state index contributed by atoms with van der Waals surface area (Å²) in [6, 6.07) is 15.5. The monoisotopic (exact) mass is 435 g/mol. The highest BCUT2D eigenvalue weighted by Crippen LogP contribution is 2.32. The molecule has 0 atom stereocenters. The topological polar surface area (TPSA) is 67.5 Å². The van der Waals surface area contributed by atoms with Crippen molar-refractivity contribution in [2.75, 3.05) is 33.4 Å². The third kappa shape index (κ3) is 3.90. The van der Waals surface area contributed by atoms with E-state index in [1.165, 1.54) is 12.7 Å². The smallest absolute Gasteiger partial charge is 0.340 e. The fourth-order valence-corrected chi connectivity index (χ4v) is 4.28. The largest absolute Gasteiger partial charge is 0.465 e. The van der Waals surface area contributed by atoms with E-state index in [9.17, 15) is 4.79 Å². The van der Waals surface area contributed by atoms with Crippen LogP contribution in [0.3, 0.4) is 0 Å². The van der Waals surface area contributed by atoms with Gasteiger partial charge in [0.2, 0.25) is 0 Å². The SMILES string of the molecule is COC(=O)c1cc(-c2cccc(Cl)c2)nc2c1[nH]c1cc(CN3CCOCC3)ccc12. The molecule has 0 amide bonds. The number of carbonyl (C=O) groups is 1. The van der Waals surface area contributed by atoms with Crippen molar-refractivity contribution < 1.29 is 14.3 Å². The van der Waals surface area contributed by atoms with Crippen molar-refractivity contribution in [3.8, 4) is 11.3 Å². The van der Waals surface area contributed by atoms with E-state index in [0.29, 0.717) is 21.8 Å². The van der Waals surface area contributed by atoms with Gasteiger partial charge in [-0.1, -0.05) is 35.9 Å². The minimum atomic E-state index is -0.407. The summed E-state index contributed by atoms with van der Waals surface area (Å²) in [6.45, 7) is 4.27. The summed E-state index contributed by atoms with van der Waals surface area (Å²) >= 11 is 6.18. The molecule has 2 aromatic carbocycles. The van der Waals surface area contributed by atoms with Crippen molar-refractivity contribution in [1.29, 1.82) is 0 Å². The number of nitrogens with zero attached hydrogens (tertiary/aromatic N) is 2. The van der Waals surface area contributed by atoms with Gasteiger partial charge in [-0.15, -0.1) is 0 Å². The van der Waals surface area contributed by atoms with Gasteiger partial charge in [0.05, 0.1) is 42.6 Å². The summed E-state index contributed by atoms with van der Waals surface area (Å²) in [4.78, 5) is 23.2. The van der Waals surface area contributed by atoms with Crippen LogP contribution < -0.4 is 0 Å². The fraction of sp³-hybridized carbons (Fsp3) is 0.250. The van der Waals surface area contributed by atoms with Gasteiger partial charge < -0.3 is 14.5 Å². The fourth-order valence-electron chi connectivity index (χ4n) is 4.08. The number of pyridine rings is 1. The van der Waals surface area contributed by atoms with Crippen LogP contribution >= 0.6 is 11.6 Å². The van der Waals surface area contributed by atoms with Crippen molar-refractivity contribution >= 4 is 39.5 Å². The van der Waals surface area contributed by atoms with Gasteiger partial charge in [-0.05, 0) is 29.8 Å². The summed E-state index contributed by atoms with van der Waals surface area (Å²) in [7, 11) is 1.39. The molecule has 0 unspecified atom stereocenters. The molecule has 0 saturated carbocycles. The van der Waals surface area contributed by atoms with Gasteiger partial charge in [-0.25, -0.2) is 9.78 Å². The molecule has 1 fully saturated rings. The molecule has 7 heteroatoms. The van der Waals surface area contributed by atoms with E-state index in [-0.39, 0.29) is 0 Å². The van der Waals surface area contributed by atoms with Crippen molar-refractivity contribution in [2.45, 2.75) is 6.54 Å². The number of carbonyl (C=O) groups excluding carboxylic acids is 1. The highest BCUT2D eigenvalue weighted by molar-refractivity contribution is 6.30. The maximum atomic E-state index is 12.6. The van der Waals surface area contributed by atoms with E-state index in [1.807, 2.05) is 24.3 Å². The van der Waals surface area contributed by atoms with Crippen LogP contribution in [0.5, 0.6) is 0 Å². The van der Waals surface area contributed by atoms with Crippen molar-refractivity contribution in [2.24, 2.45) is 0 Å². The van der Waals surface area contributed by atoms with E-state index in [0.717, 1.165) is 54.8 Å². The highest BCUT2D eigenvalue weighted by Gasteiger charge is 2.19. The maximum Gasteiger partial charge on any atom is 0.340 e. The van der Waals surface area contributed by atoms with Crippen molar-refractivity contribution in [3.05, 3.63) is 64.7 Å². The molecule has 0 aliphatic carbocycles. The summed E-state index contributed by atoms with van der Waals surface area (Å²) in [6.07, 6.45) is 0. The minimum absolute atomic E-state index is 0.407. The summed E-state index contributed by atoms with van der Waals surface area (Å²) < 4.78 is 10.5. The van der Waals surface area contributed by atoms with Crippen LogP contribution in [0.15, 0.2) is 48.5 Å². The van der Waals surface area contributed by atoms with E-state index in [2.05, 4.69) is 28.1 Å². The number of ether oxygens (including phenoxy) is 2. The molecule has 3 heterocycles. The zero-order chi connectivity index (χ0) is 21.4. The summed E-state index contributed by atoms with van der Waals surface area (Å²) in [5.74, 6) is -0.407. The molecule has 1 aliphatic heterocycles. The number of benzene rings is 2. The zero-order valence-electron chi connectivity index (χ0n) is 17.2. The molecular formula is C24H22ClN3O3. The second-order valence-electron chi connectivity index (χ2n) is 7.67. The first kappa shape index (κ1) is 20.0. The first-order valence-electron chi connectivity index (χ1n) is 10.2. The molecule has 6 nitrogen and oxygen atoms in total. The molecule has 0 bridgehead atoms. The number of rotatable bonds is 4. The first-order valence-corrected chi connectivity index (χ1v) is 10.6. The number of hydrogen-bond donors (Lipinski definition) is 1. The lowest BCUT2D eigenvalue weighted by Gasteiger charge is -2.26. The van der Waals surface area contributed by atoms with Gasteiger partial charge in [-0.3, -0.25) is 4.90 Å². The molecule has 4 aromatic rings. The molecule has 2 aromatic heterocycles. The minimum Gasteiger partial charge on any atom is -0.465 e. The molecule has 5 rings (SSSR count). The molecule has 0 spiro atoms. The number of esters is 1. The number of hydrogen-bond acceptors (Lipinski definition) is 5. The van der Waals surface area contributed by atoms with Crippen molar-refractivity contribution in [3.63, 3.8) is 0 Å². The number of fused-ring (bicyclic) bond motifs is 3. The average Bonchev–Trinajstić information content (AvgIpc) is 3.16. The Morgan fingerprint density at radius 3 is 2.81 bits per heavy atom. The second kappa shape index (κ2) is 8.30. The van der Waals surface area contributed by atoms with Gasteiger partial charge in [0.1, 0.15) is 0 Å². The third-order valence-corrected chi connectivity index (χ3v) is 5.89. The number of nitrogens with one attached hydrogen (secondary N) is 1. The zero-order valence-corrected chi connectivity index (χ0v) is 17.9. The number of methoxy groups -OCH3 is 1. The van der Waals surface area contributed by atoms with Crippen LogP contribution in [0.25, 0.3) is 33.2 Å². The van der Waals surface area contributed by atoms with Crippen LogP contribution in [0.4, 0.5) is 0 Å². The molecule has 1 aliphatic rings. The van der Waals surface area contributed by atoms with Crippen LogP contribution in [0, 0.1) is 0 Å². The summed E-state index contributed by atoms with van der Waals surface area (Å²) in [5.41, 5.74) is 5.54. The molecular weight excluding hydrogens is 414 g/mol. The molecule has 0 radical (unpaired) electrons. The van der Waals surface area contributed by atoms with E-state index >= 15 is 0 Å². The molecule has 1 saturated heterocycles. The predicted octanol–water partition coefficient (Wildman–Crippen LogP) is 4.66. The van der Waals surface area contributed by atoms with Gasteiger partial charge in [0.25, 0.3) is 0 Å². The normalized spacial score (nSPS) is 14.9. The number of morpholine rings is 1. The summed E-state index contributed by atoms with van der Waals surface area (Å²) in [5, 5.41) is 1.58. The molecule has 1 N–H and O–H groups in total. The van der Waals surface area contributed by atoms with Crippen LogP contribution in [-0.2, 0) is 16.0 Å². The Labute approximate surface area is 184 Å². The number of halogens is 1. The maximum absolute atomic E-state index is 12.6. The highest BCUT2D eigenvalue weighted by atomic mass is 35.5. The number of aromatic nitrogens is 2. The van der Waals surface area contributed by atoms with Crippen LogP contribution in [-0.4, -0.2) is 54.3 Å². The Morgan fingerprint density at radius 1 is 1.19 bits per heavy atom. The van der Waals surface area contributed by atoms with E-state index in [1.54, 1.807) is 6.07 Å². The first-order chi connectivity index (χ1) is 15.1. The average molecular weight is 436 g/mol. The van der Waals surface area contributed by atoms with Gasteiger partial charge in [-0.2, -0.15) is 0 Å². The predicted molar refractivity (Wildman–Crippen MR) is 121 cm³/mol. The Hall–Kier alpha value is -2.93. The molecule has 158 valence electrons.